The fourth-order valence-corrected chi connectivity index (χ4v) is 1.72. The van der Waals surface area contributed by atoms with E-state index in [0.29, 0.717) is 0 Å². The molecule has 0 N–H and O–H groups in total. The number of hydrogen-bond acceptors (Lipinski definition) is 1. The van der Waals surface area contributed by atoms with Gasteiger partial charge in [-0.05, 0) is 23.8 Å². The minimum absolute atomic E-state index is 0.120. The molecule has 1 amide bonds. The molecule has 0 aromatic heterocycles. The monoisotopic (exact) mass is 249 g/mol. The van der Waals surface area contributed by atoms with Crippen molar-refractivity contribution in [3.8, 4) is 0 Å². The third-order valence-corrected chi connectivity index (χ3v) is 2.67. The molecule has 0 aliphatic heterocycles. The summed E-state index contributed by atoms with van der Waals surface area (Å²) in [7, 11) is 0. The lowest BCUT2D eigenvalue weighted by atomic mass is 10.2. The molecule has 2 nitrogen and oxygen atoms in total. The smallest absolute Gasteiger partial charge is 0.255 e. The van der Waals surface area contributed by atoms with Gasteiger partial charge in [0.25, 0.3) is 5.91 Å². The Labute approximate surface area is 113 Å². The predicted molar refractivity (Wildman–Crippen MR) is 79.6 cm³/mol. The van der Waals surface area contributed by atoms with Crippen molar-refractivity contribution in [1.29, 1.82) is 0 Å². The summed E-state index contributed by atoms with van der Waals surface area (Å²) in [6, 6.07) is 19.1. The third-order valence-electron chi connectivity index (χ3n) is 2.67. The minimum Gasteiger partial charge on any atom is -0.285 e. The van der Waals surface area contributed by atoms with Crippen molar-refractivity contribution in [2.75, 3.05) is 4.90 Å². The van der Waals surface area contributed by atoms with Gasteiger partial charge in [0, 0.05) is 18.0 Å². The number of rotatable bonds is 4. The van der Waals surface area contributed by atoms with Crippen molar-refractivity contribution in [3.05, 3.63) is 85.1 Å². The maximum atomic E-state index is 12.1. The van der Waals surface area contributed by atoms with E-state index >= 15 is 0 Å². The molecule has 0 aliphatic carbocycles. The second-order valence-electron chi connectivity index (χ2n) is 3.97. The Hall–Kier alpha value is -2.61. The number of nitrogens with zero attached hydrogens (tertiary/aromatic N) is 1. The number of amides is 1. The second kappa shape index (κ2) is 6.36. The summed E-state index contributed by atoms with van der Waals surface area (Å²) in [5.74, 6) is -0.120. The molecule has 0 aliphatic rings. The number of carbonyl (C=O) groups excluding carboxylic acids is 1. The molecule has 0 radical (unpaired) electrons. The van der Waals surface area contributed by atoms with Crippen molar-refractivity contribution in [1.82, 2.24) is 0 Å². The standard InChI is InChI=1S/C17H15NO/c1-2-18(16-11-7-4-8-12-16)17(19)14-13-15-9-5-3-6-10-15/h2-14H,1H2/b14-13+. The van der Waals surface area contributed by atoms with Crippen LogP contribution in [0.1, 0.15) is 5.56 Å². The van der Waals surface area contributed by atoms with Crippen LogP contribution in [-0.2, 0) is 4.79 Å². The number of para-hydroxylation sites is 1. The first-order valence-corrected chi connectivity index (χ1v) is 6.05. The molecule has 2 aromatic carbocycles. The Bertz CT molecular complexity index is 573. The molecular weight excluding hydrogens is 234 g/mol. The van der Waals surface area contributed by atoms with E-state index in [1.807, 2.05) is 60.7 Å². The molecule has 0 saturated carbocycles. The molecule has 0 spiro atoms. The quantitative estimate of drug-likeness (QED) is 0.753. The van der Waals surface area contributed by atoms with E-state index < -0.39 is 0 Å². The summed E-state index contributed by atoms with van der Waals surface area (Å²) < 4.78 is 0. The average molecular weight is 249 g/mol. The van der Waals surface area contributed by atoms with Gasteiger partial charge in [0.1, 0.15) is 0 Å². The number of carbonyl (C=O) groups is 1. The average Bonchev–Trinajstić information content (AvgIpc) is 2.48. The van der Waals surface area contributed by atoms with Gasteiger partial charge in [-0.3, -0.25) is 9.69 Å². The highest BCUT2D eigenvalue weighted by Crippen LogP contribution is 2.14. The lowest BCUT2D eigenvalue weighted by Crippen LogP contribution is -2.22. The van der Waals surface area contributed by atoms with Crippen LogP contribution in [0.4, 0.5) is 5.69 Å². The summed E-state index contributed by atoms with van der Waals surface area (Å²) in [6.45, 7) is 3.68. The van der Waals surface area contributed by atoms with Crippen molar-refractivity contribution < 1.29 is 4.79 Å². The Morgan fingerprint density at radius 1 is 0.947 bits per heavy atom. The van der Waals surface area contributed by atoms with Crippen LogP contribution in [0.2, 0.25) is 0 Å². The molecule has 0 bridgehead atoms. The van der Waals surface area contributed by atoms with Gasteiger partial charge in [-0.1, -0.05) is 55.1 Å². The summed E-state index contributed by atoms with van der Waals surface area (Å²) >= 11 is 0. The van der Waals surface area contributed by atoms with Crippen LogP contribution >= 0.6 is 0 Å². The van der Waals surface area contributed by atoms with Crippen LogP contribution in [0.5, 0.6) is 0 Å². The number of hydrogen-bond donors (Lipinski definition) is 0. The van der Waals surface area contributed by atoms with Crippen molar-refractivity contribution in [2.24, 2.45) is 0 Å². The molecule has 0 heterocycles. The third kappa shape index (κ3) is 3.42. The summed E-state index contributed by atoms with van der Waals surface area (Å²) in [5.41, 5.74) is 1.80. The molecule has 0 atom stereocenters. The van der Waals surface area contributed by atoms with Crippen molar-refractivity contribution >= 4 is 17.7 Å². The first-order valence-electron chi connectivity index (χ1n) is 6.05. The summed E-state index contributed by atoms with van der Waals surface area (Å²) in [4.78, 5) is 13.6. The second-order valence-corrected chi connectivity index (χ2v) is 3.97. The summed E-state index contributed by atoms with van der Waals surface area (Å²) in [5, 5.41) is 0. The van der Waals surface area contributed by atoms with Gasteiger partial charge in [0.15, 0.2) is 0 Å². The highest BCUT2D eigenvalue weighted by Gasteiger charge is 2.08. The zero-order chi connectivity index (χ0) is 13.5. The van der Waals surface area contributed by atoms with Gasteiger partial charge in [-0.15, -0.1) is 0 Å². The molecule has 19 heavy (non-hydrogen) atoms. The van der Waals surface area contributed by atoms with E-state index in [1.54, 1.807) is 12.2 Å². The van der Waals surface area contributed by atoms with Crippen LogP contribution in [0, 0.1) is 0 Å². The SMILES string of the molecule is C=CN(C(=O)/C=C/c1ccccc1)c1ccccc1. The van der Waals surface area contributed by atoms with Gasteiger partial charge in [-0.2, -0.15) is 0 Å². The fraction of sp³-hybridized carbons (Fsp3) is 0. The number of benzene rings is 2. The van der Waals surface area contributed by atoms with E-state index in [2.05, 4.69) is 6.58 Å². The zero-order valence-electron chi connectivity index (χ0n) is 10.6. The van der Waals surface area contributed by atoms with E-state index in [9.17, 15) is 4.79 Å². The zero-order valence-corrected chi connectivity index (χ0v) is 10.6. The van der Waals surface area contributed by atoms with Crippen molar-refractivity contribution in [2.45, 2.75) is 0 Å². The van der Waals surface area contributed by atoms with E-state index in [0.717, 1.165) is 11.3 Å². The molecule has 0 fully saturated rings. The first-order chi connectivity index (χ1) is 9.31. The highest BCUT2D eigenvalue weighted by atomic mass is 16.2. The predicted octanol–water partition coefficient (Wildman–Crippen LogP) is 3.88. The summed E-state index contributed by atoms with van der Waals surface area (Å²) in [6.07, 6.45) is 4.86. The van der Waals surface area contributed by atoms with Crippen LogP contribution < -0.4 is 4.90 Å². The fourth-order valence-electron chi connectivity index (χ4n) is 1.72. The lowest BCUT2D eigenvalue weighted by molar-refractivity contribution is -0.113. The molecule has 2 rings (SSSR count). The number of anilines is 1. The van der Waals surface area contributed by atoms with Crippen molar-refractivity contribution in [3.63, 3.8) is 0 Å². The molecule has 2 heteroatoms. The maximum absolute atomic E-state index is 12.1. The topological polar surface area (TPSA) is 20.3 Å². The van der Waals surface area contributed by atoms with Gasteiger partial charge < -0.3 is 0 Å². The largest absolute Gasteiger partial charge is 0.285 e. The highest BCUT2D eigenvalue weighted by molar-refractivity contribution is 6.05. The molecular formula is C17H15NO. The molecule has 0 saturated heterocycles. The Balaban J connectivity index is 2.14. The Morgan fingerprint density at radius 3 is 2.11 bits per heavy atom. The normalized spacial score (nSPS) is 10.3. The van der Waals surface area contributed by atoms with Gasteiger partial charge in [0.05, 0.1) is 0 Å². The van der Waals surface area contributed by atoms with E-state index in [1.165, 1.54) is 11.1 Å². The van der Waals surface area contributed by atoms with Gasteiger partial charge in [0.2, 0.25) is 0 Å². The van der Waals surface area contributed by atoms with Gasteiger partial charge >= 0.3 is 0 Å². The minimum atomic E-state index is -0.120. The Kier molecular flexibility index (Phi) is 4.29. The lowest BCUT2D eigenvalue weighted by Gasteiger charge is -2.15. The molecule has 94 valence electrons. The van der Waals surface area contributed by atoms with E-state index in [-0.39, 0.29) is 5.91 Å². The molecule has 0 unspecified atom stereocenters. The molecule has 2 aromatic rings. The maximum Gasteiger partial charge on any atom is 0.255 e. The Morgan fingerprint density at radius 2 is 1.53 bits per heavy atom. The van der Waals surface area contributed by atoms with Crippen LogP contribution in [-0.4, -0.2) is 5.91 Å². The van der Waals surface area contributed by atoms with Gasteiger partial charge in [-0.25, -0.2) is 0 Å². The van der Waals surface area contributed by atoms with Crippen LogP contribution in [0.15, 0.2) is 79.5 Å². The first kappa shape index (κ1) is 12.8. The van der Waals surface area contributed by atoms with E-state index in [4.69, 9.17) is 0 Å². The van der Waals surface area contributed by atoms with Crippen LogP contribution in [0.3, 0.4) is 0 Å². The van der Waals surface area contributed by atoms with Crippen LogP contribution in [0.25, 0.3) is 6.08 Å².